The quantitative estimate of drug-likeness (QED) is 0.219. The second-order valence-corrected chi connectivity index (χ2v) is 11.7. The number of amides is 1. The van der Waals surface area contributed by atoms with Crippen molar-refractivity contribution in [1.29, 1.82) is 0 Å². The molecule has 3 rings (SSSR count). The number of hydrogen-bond donors (Lipinski definition) is 5. The first kappa shape index (κ1) is 30.5. The Kier molecular flexibility index (Phi) is 11.9. The highest BCUT2D eigenvalue weighted by atomic mass is 35.5. The lowest BCUT2D eigenvalue weighted by atomic mass is 9.91. The van der Waals surface area contributed by atoms with Gasteiger partial charge in [0, 0.05) is 0 Å². The molecule has 9 atom stereocenters. The average molecular weight is 565 g/mol. The standard InChI is InChI=1S/C26H39ClF2N2O5S/c1-14(27)20(24-22(33)21(32)23(34)26(36-24)37-2)31-25(35)19-10-7-15(11-12-30-19)5-3-4-6-16-13-17(28)8-9-18(16)29/h8-9,13-15,19-24,26,30,32-34H,3-7,10-12H2,1-2H3,(H,31,35)/t14-,15-,19?,20+,21?,22?,23+,24+,26?/m0/s1. The zero-order valence-electron chi connectivity index (χ0n) is 21.3. The van der Waals surface area contributed by atoms with Crippen molar-refractivity contribution in [3.8, 4) is 0 Å². The number of unbranched alkanes of at least 4 members (excludes halogenated alkanes) is 1. The number of aliphatic hydroxyl groups is 3. The van der Waals surface area contributed by atoms with Gasteiger partial charge in [-0.05, 0) is 81.5 Å². The Labute approximate surface area is 226 Å². The monoisotopic (exact) mass is 564 g/mol. The van der Waals surface area contributed by atoms with E-state index < -0.39 is 53.1 Å². The lowest BCUT2D eigenvalue weighted by Gasteiger charge is -2.44. The minimum atomic E-state index is -1.42. The number of thioether (sulfide) groups is 1. The van der Waals surface area contributed by atoms with Gasteiger partial charge in [0.05, 0.1) is 17.5 Å². The van der Waals surface area contributed by atoms with Gasteiger partial charge in [0.2, 0.25) is 5.91 Å². The molecule has 11 heteroatoms. The van der Waals surface area contributed by atoms with Crippen LogP contribution in [0.25, 0.3) is 0 Å². The Morgan fingerprint density at radius 3 is 2.65 bits per heavy atom. The normalized spacial score (nSPS) is 32.4. The van der Waals surface area contributed by atoms with E-state index in [-0.39, 0.29) is 11.7 Å². The summed E-state index contributed by atoms with van der Waals surface area (Å²) in [6, 6.07) is 2.33. The molecule has 1 amide bonds. The summed E-state index contributed by atoms with van der Waals surface area (Å²) < 4.78 is 33.0. The number of hydrogen-bond acceptors (Lipinski definition) is 7. The van der Waals surface area contributed by atoms with Gasteiger partial charge in [0.15, 0.2) is 0 Å². The van der Waals surface area contributed by atoms with E-state index in [2.05, 4.69) is 10.6 Å². The third-order valence-electron chi connectivity index (χ3n) is 7.44. The molecule has 1 aromatic carbocycles. The van der Waals surface area contributed by atoms with Crippen LogP contribution in [0.1, 0.15) is 51.0 Å². The Bertz CT molecular complexity index is 883. The number of aliphatic hydroxyl groups excluding tert-OH is 3. The van der Waals surface area contributed by atoms with E-state index in [1.807, 2.05) is 0 Å². The van der Waals surface area contributed by atoms with Crippen LogP contribution in [0.3, 0.4) is 0 Å². The Hall–Kier alpha value is -1.01. The van der Waals surface area contributed by atoms with Crippen molar-refractivity contribution in [2.75, 3.05) is 12.8 Å². The molecular formula is C26H39ClF2N2O5S. The molecule has 0 aromatic heterocycles. The van der Waals surface area contributed by atoms with Crippen LogP contribution < -0.4 is 10.6 Å². The van der Waals surface area contributed by atoms with Crippen molar-refractivity contribution in [3.63, 3.8) is 0 Å². The highest BCUT2D eigenvalue weighted by Gasteiger charge is 2.48. The summed E-state index contributed by atoms with van der Waals surface area (Å²) in [5.41, 5.74) is -0.354. The fourth-order valence-electron chi connectivity index (χ4n) is 5.19. The van der Waals surface area contributed by atoms with Crippen molar-refractivity contribution < 1.29 is 33.6 Å². The third kappa shape index (κ3) is 8.24. The molecule has 2 fully saturated rings. The highest BCUT2D eigenvalue weighted by molar-refractivity contribution is 7.99. The maximum atomic E-state index is 13.8. The molecule has 2 aliphatic heterocycles. The molecule has 7 nitrogen and oxygen atoms in total. The van der Waals surface area contributed by atoms with Crippen LogP contribution in [0.4, 0.5) is 8.78 Å². The van der Waals surface area contributed by atoms with Gasteiger partial charge in [-0.3, -0.25) is 4.79 Å². The van der Waals surface area contributed by atoms with E-state index in [0.717, 1.165) is 44.2 Å². The Morgan fingerprint density at radius 1 is 1.19 bits per heavy atom. The van der Waals surface area contributed by atoms with E-state index in [1.54, 1.807) is 13.2 Å². The van der Waals surface area contributed by atoms with Crippen molar-refractivity contribution >= 4 is 29.3 Å². The van der Waals surface area contributed by atoms with Crippen molar-refractivity contribution in [1.82, 2.24) is 10.6 Å². The molecule has 0 radical (unpaired) electrons. The number of carbonyl (C=O) groups is 1. The molecule has 0 saturated carbocycles. The van der Waals surface area contributed by atoms with Gasteiger partial charge < -0.3 is 30.7 Å². The zero-order valence-corrected chi connectivity index (χ0v) is 22.9. The van der Waals surface area contributed by atoms with Crippen molar-refractivity contribution in [2.24, 2.45) is 5.92 Å². The Morgan fingerprint density at radius 2 is 1.95 bits per heavy atom. The van der Waals surface area contributed by atoms with Gasteiger partial charge in [-0.1, -0.05) is 12.8 Å². The number of alkyl halides is 1. The summed E-state index contributed by atoms with van der Waals surface area (Å²) in [6.45, 7) is 2.35. The first-order chi connectivity index (χ1) is 17.6. The molecule has 1 aromatic rings. The number of ether oxygens (including phenoxy) is 1. The number of aryl methyl sites for hydroxylation is 1. The molecule has 5 N–H and O–H groups in total. The highest BCUT2D eigenvalue weighted by Crippen LogP contribution is 2.30. The summed E-state index contributed by atoms with van der Waals surface area (Å²) in [5, 5.41) is 36.5. The number of rotatable bonds is 10. The van der Waals surface area contributed by atoms with E-state index in [1.165, 1.54) is 17.8 Å². The summed E-state index contributed by atoms with van der Waals surface area (Å²) in [5.74, 6) is -0.632. The fourth-order valence-corrected chi connectivity index (χ4v) is 6.08. The topological polar surface area (TPSA) is 111 Å². The minimum Gasteiger partial charge on any atom is -0.388 e. The molecule has 0 aliphatic carbocycles. The second-order valence-electron chi connectivity index (χ2n) is 10.1. The lowest BCUT2D eigenvalue weighted by Crippen LogP contribution is -2.65. The number of benzene rings is 1. The molecule has 4 unspecified atom stereocenters. The van der Waals surface area contributed by atoms with Crippen LogP contribution in [-0.2, 0) is 16.0 Å². The maximum absolute atomic E-state index is 13.8. The van der Waals surface area contributed by atoms with Crippen LogP contribution in [-0.4, -0.2) is 81.3 Å². The molecule has 2 saturated heterocycles. The first-order valence-electron chi connectivity index (χ1n) is 13.0. The molecule has 0 bridgehead atoms. The number of halogens is 3. The van der Waals surface area contributed by atoms with Gasteiger partial charge in [-0.25, -0.2) is 8.78 Å². The van der Waals surface area contributed by atoms with Crippen LogP contribution in [0.5, 0.6) is 0 Å². The number of carbonyl (C=O) groups excluding carboxylic acids is 1. The second kappa shape index (κ2) is 14.4. The lowest BCUT2D eigenvalue weighted by molar-refractivity contribution is -0.205. The third-order valence-corrected chi connectivity index (χ3v) is 8.56. The molecule has 2 aliphatic rings. The van der Waals surface area contributed by atoms with Crippen LogP contribution in [0.2, 0.25) is 0 Å². The molecule has 2 heterocycles. The average Bonchev–Trinajstić information content (AvgIpc) is 3.12. The molecule has 0 spiro atoms. The smallest absolute Gasteiger partial charge is 0.237 e. The van der Waals surface area contributed by atoms with Crippen molar-refractivity contribution in [2.45, 2.75) is 99.2 Å². The first-order valence-corrected chi connectivity index (χ1v) is 14.7. The molecule has 210 valence electrons. The van der Waals surface area contributed by atoms with E-state index in [0.29, 0.717) is 30.9 Å². The SMILES string of the molecule is CSC1O[C@H]([C@H](NC(=O)C2CC[C@H](CCCCc3cc(F)ccc3F)CCN2)[C@H](C)Cl)C(O)C(O)[C@H]1O. The van der Waals surface area contributed by atoms with Gasteiger partial charge in [0.25, 0.3) is 0 Å². The van der Waals surface area contributed by atoms with Gasteiger partial charge >= 0.3 is 0 Å². The predicted molar refractivity (Wildman–Crippen MR) is 140 cm³/mol. The zero-order chi connectivity index (χ0) is 27.1. The van der Waals surface area contributed by atoms with Gasteiger partial charge in [-0.2, -0.15) is 0 Å². The summed E-state index contributed by atoms with van der Waals surface area (Å²) in [6.07, 6.45) is 2.17. The largest absolute Gasteiger partial charge is 0.388 e. The minimum absolute atomic E-state index is 0.253. The summed E-state index contributed by atoms with van der Waals surface area (Å²) >= 11 is 7.57. The van der Waals surface area contributed by atoms with Gasteiger partial charge in [0.1, 0.15) is 41.5 Å². The predicted octanol–water partition coefficient (Wildman–Crippen LogP) is 2.72. The molecule has 37 heavy (non-hydrogen) atoms. The fraction of sp³-hybridized carbons (Fsp3) is 0.731. The maximum Gasteiger partial charge on any atom is 0.237 e. The van der Waals surface area contributed by atoms with Crippen molar-refractivity contribution in [3.05, 3.63) is 35.4 Å². The van der Waals surface area contributed by atoms with E-state index in [4.69, 9.17) is 16.3 Å². The van der Waals surface area contributed by atoms with Crippen LogP contribution >= 0.6 is 23.4 Å². The van der Waals surface area contributed by atoms with Crippen LogP contribution in [0, 0.1) is 17.6 Å². The van der Waals surface area contributed by atoms with Crippen LogP contribution in [0.15, 0.2) is 18.2 Å². The Balaban J connectivity index is 1.49. The van der Waals surface area contributed by atoms with E-state index in [9.17, 15) is 28.9 Å². The number of nitrogens with one attached hydrogen (secondary N) is 2. The van der Waals surface area contributed by atoms with Gasteiger partial charge in [-0.15, -0.1) is 23.4 Å². The van der Waals surface area contributed by atoms with E-state index >= 15 is 0 Å². The summed E-state index contributed by atoms with van der Waals surface area (Å²) in [4.78, 5) is 13.1. The summed E-state index contributed by atoms with van der Waals surface area (Å²) in [7, 11) is 0. The molecular weight excluding hydrogens is 526 g/mol.